The quantitative estimate of drug-likeness (QED) is 0.515. The molecule has 0 aliphatic heterocycles. The highest BCUT2D eigenvalue weighted by molar-refractivity contribution is 5.05. The first kappa shape index (κ1) is 8.34. The van der Waals surface area contributed by atoms with E-state index in [9.17, 15) is 0 Å². The van der Waals surface area contributed by atoms with E-state index in [0.29, 0.717) is 5.41 Å². The van der Waals surface area contributed by atoms with Crippen LogP contribution < -0.4 is 0 Å². The van der Waals surface area contributed by atoms with Gasteiger partial charge in [-0.25, -0.2) is 0 Å². The third-order valence-corrected chi connectivity index (χ3v) is 3.87. The molecule has 2 rings (SSSR count). The molecular formula is C12H20. The van der Waals surface area contributed by atoms with E-state index < -0.39 is 0 Å². The first-order chi connectivity index (χ1) is 5.81. The van der Waals surface area contributed by atoms with Gasteiger partial charge in [-0.15, -0.1) is 0 Å². The fraction of sp³-hybridized carbons (Fsp3) is 0.833. The molecule has 0 radical (unpaired) electrons. The first-order valence-corrected chi connectivity index (χ1v) is 5.49. The number of rotatable bonds is 1. The normalized spacial score (nSPS) is 37.4. The molecule has 0 bridgehead atoms. The zero-order valence-electron chi connectivity index (χ0n) is 8.18. The second kappa shape index (κ2) is 3.24. The van der Waals surface area contributed by atoms with Crippen LogP contribution in [0.2, 0.25) is 0 Å². The van der Waals surface area contributed by atoms with E-state index in [1.54, 1.807) is 0 Å². The lowest BCUT2D eigenvalue weighted by Gasteiger charge is -2.35. The van der Waals surface area contributed by atoms with Crippen LogP contribution in [0.15, 0.2) is 12.2 Å². The SMILES string of the molecule is CC1(C2CCCC2)C=CCCC1. The predicted octanol–water partition coefficient (Wildman–Crippen LogP) is 3.92. The van der Waals surface area contributed by atoms with Crippen LogP contribution in [0, 0.1) is 11.3 Å². The highest BCUT2D eigenvalue weighted by Crippen LogP contribution is 2.45. The van der Waals surface area contributed by atoms with E-state index in [4.69, 9.17) is 0 Å². The van der Waals surface area contributed by atoms with Gasteiger partial charge in [0.25, 0.3) is 0 Å². The van der Waals surface area contributed by atoms with Crippen molar-refractivity contribution in [2.24, 2.45) is 11.3 Å². The van der Waals surface area contributed by atoms with E-state index in [2.05, 4.69) is 19.1 Å². The topological polar surface area (TPSA) is 0 Å². The lowest BCUT2D eigenvalue weighted by molar-refractivity contribution is 0.227. The Morgan fingerprint density at radius 3 is 2.50 bits per heavy atom. The maximum Gasteiger partial charge on any atom is -0.0118 e. The fourth-order valence-electron chi connectivity index (χ4n) is 2.96. The molecule has 0 N–H and O–H groups in total. The largest absolute Gasteiger partial charge is 0.0880 e. The smallest absolute Gasteiger partial charge is 0.0118 e. The summed E-state index contributed by atoms with van der Waals surface area (Å²) in [7, 11) is 0. The van der Waals surface area contributed by atoms with Gasteiger partial charge in [-0.2, -0.15) is 0 Å². The molecule has 1 unspecified atom stereocenters. The van der Waals surface area contributed by atoms with Crippen LogP contribution in [0.3, 0.4) is 0 Å². The van der Waals surface area contributed by atoms with Crippen LogP contribution in [0.25, 0.3) is 0 Å². The Kier molecular flexibility index (Phi) is 2.25. The molecule has 0 spiro atoms. The molecule has 68 valence electrons. The zero-order valence-corrected chi connectivity index (χ0v) is 8.18. The summed E-state index contributed by atoms with van der Waals surface area (Å²) >= 11 is 0. The summed E-state index contributed by atoms with van der Waals surface area (Å²) in [5.74, 6) is 1.01. The van der Waals surface area contributed by atoms with Crippen molar-refractivity contribution in [3.05, 3.63) is 12.2 Å². The standard InChI is InChI=1S/C12H20/c1-12(9-5-2-6-10-12)11-7-3-4-8-11/h5,9,11H,2-4,6-8,10H2,1H3. The van der Waals surface area contributed by atoms with E-state index in [1.165, 1.54) is 44.9 Å². The predicted molar refractivity (Wildman–Crippen MR) is 53.1 cm³/mol. The van der Waals surface area contributed by atoms with Crippen LogP contribution in [-0.2, 0) is 0 Å². The van der Waals surface area contributed by atoms with Crippen molar-refractivity contribution in [2.45, 2.75) is 51.9 Å². The van der Waals surface area contributed by atoms with Crippen LogP contribution in [0.1, 0.15) is 51.9 Å². The van der Waals surface area contributed by atoms with Gasteiger partial charge in [0.05, 0.1) is 0 Å². The zero-order chi connectivity index (χ0) is 8.44. The first-order valence-electron chi connectivity index (χ1n) is 5.49. The van der Waals surface area contributed by atoms with E-state index in [1.807, 2.05) is 0 Å². The summed E-state index contributed by atoms with van der Waals surface area (Å²) in [5, 5.41) is 0. The molecule has 1 atom stereocenters. The average Bonchev–Trinajstić information content (AvgIpc) is 2.58. The number of hydrogen-bond acceptors (Lipinski definition) is 0. The Labute approximate surface area is 76.1 Å². The van der Waals surface area contributed by atoms with Crippen molar-refractivity contribution < 1.29 is 0 Å². The molecule has 0 aromatic rings. The van der Waals surface area contributed by atoms with Gasteiger partial charge in [0.2, 0.25) is 0 Å². The minimum absolute atomic E-state index is 0.578. The van der Waals surface area contributed by atoms with Crippen molar-refractivity contribution in [3.8, 4) is 0 Å². The highest BCUT2D eigenvalue weighted by Gasteiger charge is 2.34. The van der Waals surface area contributed by atoms with Gasteiger partial charge in [-0.3, -0.25) is 0 Å². The maximum absolute atomic E-state index is 2.51. The molecule has 0 heteroatoms. The summed E-state index contributed by atoms with van der Waals surface area (Å²) in [4.78, 5) is 0. The summed E-state index contributed by atoms with van der Waals surface area (Å²) in [6.07, 6.45) is 15.0. The van der Waals surface area contributed by atoms with Crippen molar-refractivity contribution in [2.75, 3.05) is 0 Å². The molecule has 1 saturated carbocycles. The molecule has 0 aromatic heterocycles. The molecular weight excluding hydrogens is 144 g/mol. The highest BCUT2D eigenvalue weighted by atomic mass is 14.4. The van der Waals surface area contributed by atoms with Crippen LogP contribution in [0.5, 0.6) is 0 Å². The lowest BCUT2D eigenvalue weighted by Crippen LogP contribution is -2.24. The Bertz CT molecular complexity index is 174. The monoisotopic (exact) mass is 164 g/mol. The van der Waals surface area contributed by atoms with Gasteiger partial charge in [0.1, 0.15) is 0 Å². The van der Waals surface area contributed by atoms with Gasteiger partial charge < -0.3 is 0 Å². The van der Waals surface area contributed by atoms with Crippen molar-refractivity contribution in [3.63, 3.8) is 0 Å². The second-order valence-corrected chi connectivity index (χ2v) is 4.78. The minimum atomic E-state index is 0.578. The van der Waals surface area contributed by atoms with Crippen LogP contribution in [-0.4, -0.2) is 0 Å². The van der Waals surface area contributed by atoms with Crippen molar-refractivity contribution in [1.82, 2.24) is 0 Å². The molecule has 12 heavy (non-hydrogen) atoms. The second-order valence-electron chi connectivity index (χ2n) is 4.78. The molecule has 1 fully saturated rings. The molecule has 2 aliphatic rings. The van der Waals surface area contributed by atoms with Gasteiger partial charge in [0, 0.05) is 0 Å². The van der Waals surface area contributed by atoms with E-state index in [-0.39, 0.29) is 0 Å². The Morgan fingerprint density at radius 1 is 1.17 bits per heavy atom. The Balaban J connectivity index is 2.07. The molecule has 0 heterocycles. The molecule has 2 aliphatic carbocycles. The lowest BCUT2D eigenvalue weighted by atomic mass is 9.70. The van der Waals surface area contributed by atoms with Gasteiger partial charge in [-0.05, 0) is 43.4 Å². The van der Waals surface area contributed by atoms with Crippen molar-refractivity contribution >= 4 is 0 Å². The van der Waals surface area contributed by atoms with Crippen LogP contribution >= 0.6 is 0 Å². The third-order valence-electron chi connectivity index (χ3n) is 3.87. The van der Waals surface area contributed by atoms with Crippen molar-refractivity contribution in [1.29, 1.82) is 0 Å². The summed E-state index contributed by atoms with van der Waals surface area (Å²) in [5.41, 5.74) is 0.578. The number of allylic oxidation sites excluding steroid dienone is 2. The van der Waals surface area contributed by atoms with E-state index in [0.717, 1.165) is 5.92 Å². The van der Waals surface area contributed by atoms with E-state index >= 15 is 0 Å². The molecule has 0 aromatic carbocycles. The maximum atomic E-state index is 2.51. The number of hydrogen-bond donors (Lipinski definition) is 0. The fourth-order valence-corrected chi connectivity index (χ4v) is 2.96. The third kappa shape index (κ3) is 1.44. The van der Waals surface area contributed by atoms with Gasteiger partial charge >= 0.3 is 0 Å². The summed E-state index contributed by atoms with van der Waals surface area (Å²) < 4.78 is 0. The summed E-state index contributed by atoms with van der Waals surface area (Å²) in [6.45, 7) is 2.47. The Morgan fingerprint density at radius 2 is 1.92 bits per heavy atom. The van der Waals surface area contributed by atoms with Crippen LogP contribution in [0.4, 0.5) is 0 Å². The Hall–Kier alpha value is -0.260. The van der Waals surface area contributed by atoms with Gasteiger partial charge in [-0.1, -0.05) is 31.9 Å². The molecule has 0 nitrogen and oxygen atoms in total. The average molecular weight is 164 g/mol. The van der Waals surface area contributed by atoms with Gasteiger partial charge in [0.15, 0.2) is 0 Å². The molecule has 0 saturated heterocycles. The summed E-state index contributed by atoms with van der Waals surface area (Å²) in [6, 6.07) is 0. The molecule has 0 amide bonds. The minimum Gasteiger partial charge on any atom is -0.0880 e.